The number of halogens is 2. The minimum Gasteiger partial charge on any atom is -0.338 e. The van der Waals surface area contributed by atoms with E-state index in [4.69, 9.17) is 4.52 Å². The van der Waals surface area contributed by atoms with Crippen molar-refractivity contribution in [1.29, 1.82) is 0 Å². The Morgan fingerprint density at radius 3 is 2.56 bits per heavy atom. The van der Waals surface area contributed by atoms with E-state index in [9.17, 15) is 0 Å². The number of hydrogen-bond donors (Lipinski definition) is 1. The second-order valence-electron chi connectivity index (χ2n) is 6.21. The molecule has 1 unspecified atom stereocenters. The summed E-state index contributed by atoms with van der Waals surface area (Å²) in [6.45, 7) is 7.39. The number of nitrogens with zero attached hydrogens (tertiary/aromatic N) is 5. The maximum Gasteiger partial charge on any atom is 0.241 e. The Hall–Kier alpha value is -1.25. The van der Waals surface area contributed by atoms with Gasteiger partial charge in [-0.3, -0.25) is 14.8 Å². The lowest BCUT2D eigenvalue weighted by Crippen LogP contribution is -2.50. The third kappa shape index (κ3) is 4.89. The van der Waals surface area contributed by atoms with Gasteiger partial charge in [0.1, 0.15) is 0 Å². The first kappa shape index (κ1) is 20.1. The molecule has 0 saturated carbocycles. The summed E-state index contributed by atoms with van der Waals surface area (Å²) in [6, 6.07) is 4.50. The van der Waals surface area contributed by atoms with Gasteiger partial charge in [0, 0.05) is 56.7 Å². The molecular weight excluding hydrogens is 363 g/mol. The van der Waals surface area contributed by atoms with Gasteiger partial charge in [0.2, 0.25) is 11.7 Å². The fraction of sp³-hybridized carbons (Fsp3) is 0.562. The minimum absolute atomic E-state index is 0. The van der Waals surface area contributed by atoms with Crippen LogP contribution in [0.2, 0.25) is 0 Å². The highest BCUT2D eigenvalue weighted by Crippen LogP contribution is 2.16. The monoisotopic (exact) mass is 386 g/mol. The maximum absolute atomic E-state index is 5.40. The van der Waals surface area contributed by atoms with E-state index in [1.54, 1.807) is 12.4 Å². The van der Waals surface area contributed by atoms with Crippen LogP contribution in [0.5, 0.6) is 0 Å². The van der Waals surface area contributed by atoms with Gasteiger partial charge in [-0.25, -0.2) is 0 Å². The third-order valence-corrected chi connectivity index (χ3v) is 4.72. The Morgan fingerprint density at radius 1 is 1.12 bits per heavy atom. The first-order valence-electron chi connectivity index (χ1n) is 8.28. The molecule has 0 amide bonds. The standard InChI is InChI=1S/C16H22N6O.2ClH/c1-4-17-5-2-13(1)16-19-15(23-20-16)12-21-7-9-22(10-8-21)14-3-6-18-11-14;;/h1-2,4-5,14,18H,3,6-12H2;2*1H. The van der Waals surface area contributed by atoms with E-state index >= 15 is 0 Å². The summed E-state index contributed by atoms with van der Waals surface area (Å²) in [4.78, 5) is 13.5. The second-order valence-corrected chi connectivity index (χ2v) is 6.21. The van der Waals surface area contributed by atoms with Gasteiger partial charge in [-0.15, -0.1) is 24.8 Å². The van der Waals surface area contributed by atoms with Crippen LogP contribution in [-0.4, -0.2) is 70.2 Å². The van der Waals surface area contributed by atoms with Crippen LogP contribution in [0.4, 0.5) is 0 Å². The first-order valence-corrected chi connectivity index (χ1v) is 8.28. The van der Waals surface area contributed by atoms with Crippen LogP contribution in [-0.2, 0) is 6.54 Å². The quantitative estimate of drug-likeness (QED) is 0.852. The van der Waals surface area contributed by atoms with Gasteiger partial charge >= 0.3 is 0 Å². The molecule has 2 saturated heterocycles. The van der Waals surface area contributed by atoms with Gasteiger partial charge < -0.3 is 9.84 Å². The van der Waals surface area contributed by atoms with Gasteiger partial charge in [-0.05, 0) is 25.1 Å². The highest BCUT2D eigenvalue weighted by atomic mass is 35.5. The molecule has 9 heteroatoms. The van der Waals surface area contributed by atoms with Gasteiger partial charge in [-0.2, -0.15) is 4.98 Å². The largest absolute Gasteiger partial charge is 0.338 e. The number of piperazine rings is 1. The number of hydrogen-bond acceptors (Lipinski definition) is 7. The molecule has 0 radical (unpaired) electrons. The average molecular weight is 387 g/mol. The van der Waals surface area contributed by atoms with Gasteiger partial charge in [0.05, 0.1) is 6.54 Å². The fourth-order valence-electron chi connectivity index (χ4n) is 3.37. The van der Waals surface area contributed by atoms with Crippen molar-refractivity contribution in [1.82, 2.24) is 30.2 Å². The number of aromatic nitrogens is 3. The smallest absolute Gasteiger partial charge is 0.241 e. The second kappa shape index (κ2) is 9.45. The Kier molecular flexibility index (Phi) is 7.58. The van der Waals surface area contributed by atoms with Crippen LogP contribution in [0.15, 0.2) is 29.0 Å². The minimum atomic E-state index is 0. The molecule has 0 spiro atoms. The summed E-state index contributed by atoms with van der Waals surface area (Å²) in [6.07, 6.45) is 4.75. The lowest BCUT2D eigenvalue weighted by Gasteiger charge is -2.37. The normalized spacial score (nSPS) is 21.5. The summed E-state index contributed by atoms with van der Waals surface area (Å²) in [7, 11) is 0. The number of nitrogens with one attached hydrogen (secondary N) is 1. The predicted octanol–water partition coefficient (Wildman–Crippen LogP) is 1.45. The molecule has 1 atom stereocenters. The highest BCUT2D eigenvalue weighted by Gasteiger charge is 2.26. The summed E-state index contributed by atoms with van der Waals surface area (Å²) < 4.78 is 5.40. The van der Waals surface area contributed by atoms with Crippen molar-refractivity contribution in [2.75, 3.05) is 39.3 Å². The molecule has 7 nitrogen and oxygen atoms in total. The molecule has 0 bridgehead atoms. The molecule has 25 heavy (non-hydrogen) atoms. The topological polar surface area (TPSA) is 70.3 Å². The van der Waals surface area contributed by atoms with Crippen molar-refractivity contribution in [2.45, 2.75) is 19.0 Å². The molecule has 2 aromatic rings. The lowest BCUT2D eigenvalue weighted by molar-refractivity contribution is 0.0908. The van der Waals surface area contributed by atoms with Crippen molar-refractivity contribution >= 4 is 24.8 Å². The molecule has 1 N–H and O–H groups in total. The molecule has 0 aromatic carbocycles. The Morgan fingerprint density at radius 2 is 1.88 bits per heavy atom. The highest BCUT2D eigenvalue weighted by molar-refractivity contribution is 5.85. The predicted molar refractivity (Wildman–Crippen MR) is 100 cm³/mol. The average Bonchev–Trinajstić information content (AvgIpc) is 3.28. The molecule has 138 valence electrons. The van der Waals surface area contributed by atoms with Crippen molar-refractivity contribution in [3.05, 3.63) is 30.4 Å². The van der Waals surface area contributed by atoms with Gasteiger partial charge in [-0.1, -0.05) is 5.16 Å². The van der Waals surface area contributed by atoms with E-state index in [1.165, 1.54) is 6.42 Å². The number of rotatable bonds is 4. The SMILES string of the molecule is Cl.Cl.c1cc(-c2noc(CN3CCN(C4CCNC4)CC3)n2)ccn1. The van der Waals surface area contributed by atoms with E-state index in [0.29, 0.717) is 11.7 Å². The molecule has 2 aliphatic heterocycles. The molecule has 2 fully saturated rings. The molecular formula is C16H24Cl2N6O. The fourth-order valence-corrected chi connectivity index (χ4v) is 3.37. The zero-order valence-corrected chi connectivity index (χ0v) is 15.6. The van der Waals surface area contributed by atoms with Crippen molar-refractivity contribution in [3.8, 4) is 11.4 Å². The summed E-state index contributed by atoms with van der Waals surface area (Å²) >= 11 is 0. The molecule has 4 heterocycles. The van der Waals surface area contributed by atoms with Crippen molar-refractivity contribution in [3.63, 3.8) is 0 Å². The summed E-state index contributed by atoms with van der Waals surface area (Å²) in [5.74, 6) is 1.32. The molecule has 0 aliphatic carbocycles. The van der Waals surface area contributed by atoms with Crippen LogP contribution in [0, 0.1) is 0 Å². The van der Waals surface area contributed by atoms with E-state index in [1.807, 2.05) is 12.1 Å². The molecule has 2 aromatic heterocycles. The van der Waals surface area contributed by atoms with Crippen LogP contribution < -0.4 is 5.32 Å². The van der Waals surface area contributed by atoms with E-state index in [2.05, 4.69) is 30.2 Å². The van der Waals surface area contributed by atoms with Crippen LogP contribution in [0.1, 0.15) is 12.3 Å². The van der Waals surface area contributed by atoms with E-state index in [-0.39, 0.29) is 24.8 Å². The van der Waals surface area contributed by atoms with Crippen LogP contribution in [0.3, 0.4) is 0 Å². The van der Waals surface area contributed by atoms with Crippen LogP contribution in [0.25, 0.3) is 11.4 Å². The van der Waals surface area contributed by atoms with E-state index < -0.39 is 0 Å². The number of pyridine rings is 1. The lowest BCUT2D eigenvalue weighted by atomic mass is 10.2. The Labute approximate surface area is 160 Å². The third-order valence-electron chi connectivity index (χ3n) is 4.72. The van der Waals surface area contributed by atoms with Crippen LogP contribution >= 0.6 is 24.8 Å². The van der Waals surface area contributed by atoms with E-state index in [0.717, 1.165) is 57.4 Å². The van der Waals surface area contributed by atoms with Gasteiger partial charge in [0.25, 0.3) is 0 Å². The Bertz CT molecular complexity index is 627. The molecule has 4 rings (SSSR count). The van der Waals surface area contributed by atoms with Crippen molar-refractivity contribution in [2.24, 2.45) is 0 Å². The zero-order valence-electron chi connectivity index (χ0n) is 14.0. The zero-order chi connectivity index (χ0) is 15.5. The van der Waals surface area contributed by atoms with Gasteiger partial charge in [0.15, 0.2) is 0 Å². The summed E-state index contributed by atoms with van der Waals surface area (Å²) in [5, 5.41) is 7.52. The summed E-state index contributed by atoms with van der Waals surface area (Å²) in [5.41, 5.74) is 0.938. The first-order chi connectivity index (χ1) is 11.4. The Balaban J connectivity index is 0.00000113. The van der Waals surface area contributed by atoms with Crippen molar-refractivity contribution < 1.29 is 4.52 Å². The molecule has 2 aliphatic rings. The maximum atomic E-state index is 5.40.